The van der Waals surface area contributed by atoms with E-state index in [1.54, 1.807) is 6.92 Å². The number of carbonyl (C=O) groups excluding carboxylic acids is 2. The summed E-state index contributed by atoms with van der Waals surface area (Å²) in [6, 6.07) is 18.9. The van der Waals surface area contributed by atoms with E-state index in [1.807, 2.05) is 48.5 Å². The Balaban J connectivity index is 1.42. The Morgan fingerprint density at radius 3 is 2.23 bits per heavy atom. The molecule has 0 unspecified atom stereocenters. The third-order valence-corrected chi connectivity index (χ3v) is 6.05. The van der Waals surface area contributed by atoms with Gasteiger partial charge in [-0.15, -0.1) is 0 Å². The number of halogens is 1. The zero-order valence-corrected chi connectivity index (χ0v) is 19.1. The van der Waals surface area contributed by atoms with Crippen LogP contribution in [-0.2, 0) is 9.53 Å². The van der Waals surface area contributed by atoms with Gasteiger partial charge in [-0.3, -0.25) is 14.9 Å². The van der Waals surface area contributed by atoms with Crippen LogP contribution in [0.1, 0.15) is 47.2 Å². The number of benzene rings is 3. The molecule has 0 aliphatic heterocycles. The summed E-state index contributed by atoms with van der Waals surface area (Å²) in [4.78, 5) is 35.9. The third-order valence-electron chi connectivity index (χ3n) is 6.05. The molecule has 0 heterocycles. The molecule has 0 fully saturated rings. The number of amides is 2. The molecule has 3 aromatic rings. The van der Waals surface area contributed by atoms with Gasteiger partial charge in [-0.2, -0.15) is 0 Å². The topological polar surface area (TPSA) is 105 Å². The number of carbonyl (C=O) groups is 3. The smallest absolute Gasteiger partial charge is 0.411 e. The summed E-state index contributed by atoms with van der Waals surface area (Å²) in [5.41, 5.74) is 4.26. The lowest BCUT2D eigenvalue weighted by molar-refractivity contribution is -0.137. The Bertz CT molecular complexity index is 1230. The van der Waals surface area contributed by atoms with Crippen LogP contribution in [0.15, 0.2) is 66.7 Å². The van der Waals surface area contributed by atoms with Gasteiger partial charge in [0.1, 0.15) is 12.4 Å². The number of ether oxygens (including phenoxy) is 1. The Hall–Kier alpha value is -4.20. The van der Waals surface area contributed by atoms with E-state index < -0.39 is 29.8 Å². The quantitative estimate of drug-likeness (QED) is 0.416. The maximum atomic E-state index is 14.3. The van der Waals surface area contributed by atoms with E-state index in [0.29, 0.717) is 6.42 Å². The fourth-order valence-electron chi connectivity index (χ4n) is 4.30. The van der Waals surface area contributed by atoms with Crippen molar-refractivity contribution in [1.82, 2.24) is 5.32 Å². The summed E-state index contributed by atoms with van der Waals surface area (Å²) < 4.78 is 19.8. The average Bonchev–Trinajstić information content (AvgIpc) is 3.17. The first-order chi connectivity index (χ1) is 16.9. The minimum Gasteiger partial charge on any atom is -0.481 e. The lowest BCUT2D eigenvalue weighted by atomic mass is 9.98. The number of nitrogens with one attached hydrogen (secondary N) is 2. The molecular formula is C27H25FN2O5. The molecule has 2 amide bonds. The zero-order valence-electron chi connectivity index (χ0n) is 19.1. The van der Waals surface area contributed by atoms with Gasteiger partial charge in [-0.25, -0.2) is 9.18 Å². The van der Waals surface area contributed by atoms with Crippen LogP contribution in [0.2, 0.25) is 0 Å². The summed E-state index contributed by atoms with van der Waals surface area (Å²) in [5.74, 6) is -2.72. The molecule has 0 radical (unpaired) electrons. The fourth-order valence-corrected chi connectivity index (χ4v) is 4.30. The maximum Gasteiger partial charge on any atom is 0.411 e. The first kappa shape index (κ1) is 23.9. The summed E-state index contributed by atoms with van der Waals surface area (Å²) >= 11 is 0. The van der Waals surface area contributed by atoms with Gasteiger partial charge in [0.25, 0.3) is 5.91 Å². The van der Waals surface area contributed by atoms with Crippen LogP contribution < -0.4 is 10.6 Å². The Morgan fingerprint density at radius 2 is 1.63 bits per heavy atom. The van der Waals surface area contributed by atoms with E-state index in [9.17, 15) is 18.8 Å². The van der Waals surface area contributed by atoms with Crippen LogP contribution in [0.4, 0.5) is 14.9 Å². The van der Waals surface area contributed by atoms with Crippen molar-refractivity contribution in [2.45, 2.75) is 31.7 Å². The van der Waals surface area contributed by atoms with Crippen LogP contribution in [0.5, 0.6) is 0 Å². The Kier molecular flexibility index (Phi) is 7.10. The van der Waals surface area contributed by atoms with Crippen molar-refractivity contribution < 1.29 is 28.6 Å². The second-order valence-corrected chi connectivity index (χ2v) is 8.32. The molecule has 0 saturated carbocycles. The monoisotopic (exact) mass is 476 g/mol. The van der Waals surface area contributed by atoms with Gasteiger partial charge in [0.05, 0.1) is 12.0 Å². The maximum absolute atomic E-state index is 14.3. The van der Waals surface area contributed by atoms with E-state index in [1.165, 1.54) is 12.1 Å². The molecule has 4 rings (SSSR count). The highest BCUT2D eigenvalue weighted by atomic mass is 19.1. The molecule has 3 N–H and O–H groups in total. The first-order valence-electron chi connectivity index (χ1n) is 11.3. The number of rotatable bonds is 8. The standard InChI is InChI=1S/C27H25FN2O5/c1-2-16(14-25(31)32)29-26(33)22-13-17(11-12-24(22)28)30-27(34)35-15-23-20-9-5-3-7-18(20)19-8-4-6-10-21(19)23/h3-13,16,23H,2,14-15H2,1H3,(H,29,33)(H,30,34)(H,31,32)/t16-/m0/s1. The fraction of sp³-hybridized carbons (Fsp3) is 0.222. The van der Waals surface area contributed by atoms with Crippen molar-refractivity contribution >= 4 is 23.7 Å². The van der Waals surface area contributed by atoms with Crippen LogP contribution in [-0.4, -0.2) is 35.7 Å². The number of carboxylic acids is 1. The normalized spacial score (nSPS) is 12.9. The van der Waals surface area contributed by atoms with Gasteiger partial charge in [0, 0.05) is 17.6 Å². The molecule has 0 saturated heterocycles. The van der Waals surface area contributed by atoms with Crippen molar-refractivity contribution in [3.8, 4) is 11.1 Å². The number of carboxylic acid groups (broad SMARTS) is 1. The van der Waals surface area contributed by atoms with Crippen LogP contribution in [0.3, 0.4) is 0 Å². The van der Waals surface area contributed by atoms with E-state index in [0.717, 1.165) is 28.3 Å². The van der Waals surface area contributed by atoms with Gasteiger partial charge >= 0.3 is 12.1 Å². The van der Waals surface area contributed by atoms with Gasteiger partial charge in [0.2, 0.25) is 0 Å². The number of hydrogen-bond donors (Lipinski definition) is 3. The molecule has 1 aliphatic rings. The molecule has 8 heteroatoms. The van der Waals surface area contributed by atoms with Crippen molar-refractivity contribution in [3.05, 3.63) is 89.2 Å². The number of hydrogen-bond acceptors (Lipinski definition) is 4. The molecule has 7 nitrogen and oxygen atoms in total. The zero-order chi connectivity index (χ0) is 24.9. The summed E-state index contributed by atoms with van der Waals surface area (Å²) in [6.07, 6.45) is -0.638. The second-order valence-electron chi connectivity index (χ2n) is 8.32. The van der Waals surface area contributed by atoms with Gasteiger partial charge in [0.15, 0.2) is 0 Å². The Labute approximate surface area is 201 Å². The van der Waals surface area contributed by atoms with Gasteiger partial charge in [-0.1, -0.05) is 55.5 Å². The van der Waals surface area contributed by atoms with Crippen LogP contribution in [0.25, 0.3) is 11.1 Å². The summed E-state index contributed by atoms with van der Waals surface area (Å²) in [5, 5.41) is 14.0. The SMILES string of the molecule is CC[C@@H](CC(=O)O)NC(=O)c1cc(NC(=O)OCC2c3ccccc3-c3ccccc32)ccc1F. The third kappa shape index (κ3) is 5.32. The van der Waals surface area contributed by atoms with Crippen molar-refractivity contribution in [2.75, 3.05) is 11.9 Å². The first-order valence-corrected chi connectivity index (χ1v) is 11.3. The molecule has 0 bridgehead atoms. The van der Waals surface area contributed by atoms with E-state index in [2.05, 4.69) is 10.6 Å². The van der Waals surface area contributed by atoms with Crippen LogP contribution in [0, 0.1) is 5.82 Å². The van der Waals surface area contributed by atoms with Gasteiger partial charge < -0.3 is 15.2 Å². The highest BCUT2D eigenvalue weighted by molar-refractivity contribution is 5.97. The molecule has 1 aliphatic carbocycles. The highest BCUT2D eigenvalue weighted by Crippen LogP contribution is 2.44. The predicted molar refractivity (Wildman–Crippen MR) is 129 cm³/mol. The second kappa shape index (κ2) is 10.4. The van der Waals surface area contributed by atoms with Crippen molar-refractivity contribution in [1.29, 1.82) is 0 Å². The summed E-state index contributed by atoms with van der Waals surface area (Å²) in [6.45, 7) is 1.83. The highest BCUT2D eigenvalue weighted by Gasteiger charge is 2.29. The van der Waals surface area contributed by atoms with E-state index in [4.69, 9.17) is 9.84 Å². The number of fused-ring (bicyclic) bond motifs is 3. The number of aliphatic carboxylic acids is 1. The van der Waals surface area contributed by atoms with Crippen LogP contribution >= 0.6 is 0 Å². The largest absolute Gasteiger partial charge is 0.481 e. The Morgan fingerprint density at radius 1 is 1.00 bits per heavy atom. The van der Waals surface area contributed by atoms with Crippen molar-refractivity contribution in [2.24, 2.45) is 0 Å². The van der Waals surface area contributed by atoms with E-state index >= 15 is 0 Å². The minimum absolute atomic E-state index is 0.108. The molecule has 35 heavy (non-hydrogen) atoms. The molecule has 1 atom stereocenters. The number of anilines is 1. The van der Waals surface area contributed by atoms with E-state index in [-0.39, 0.29) is 30.2 Å². The molecule has 0 spiro atoms. The lowest BCUT2D eigenvalue weighted by Gasteiger charge is -2.16. The van der Waals surface area contributed by atoms with Gasteiger partial charge in [-0.05, 0) is 46.9 Å². The molecule has 180 valence electrons. The molecule has 0 aromatic heterocycles. The molecule has 3 aromatic carbocycles. The average molecular weight is 477 g/mol. The molecular weight excluding hydrogens is 451 g/mol. The summed E-state index contributed by atoms with van der Waals surface area (Å²) in [7, 11) is 0. The minimum atomic E-state index is -1.07. The van der Waals surface area contributed by atoms with Crippen molar-refractivity contribution in [3.63, 3.8) is 0 Å². The lowest BCUT2D eigenvalue weighted by Crippen LogP contribution is -2.36. The predicted octanol–water partition coefficient (Wildman–Crippen LogP) is 5.17.